The number of ketones is 1. The number of nitro benzene ring substituents is 1. The lowest BCUT2D eigenvalue weighted by atomic mass is 10.3. The Labute approximate surface area is 163 Å². The third kappa shape index (κ3) is 3.06. The van der Waals surface area contributed by atoms with Crippen molar-refractivity contribution in [1.29, 1.82) is 0 Å². The molecule has 0 N–H and O–H groups in total. The Morgan fingerprint density at radius 3 is 2.63 bits per heavy atom. The summed E-state index contributed by atoms with van der Waals surface area (Å²) in [6.07, 6.45) is 0. The van der Waals surface area contributed by atoms with Crippen LogP contribution >= 0.6 is 23.5 Å². The lowest BCUT2D eigenvalue weighted by Crippen LogP contribution is -2.47. The summed E-state index contributed by atoms with van der Waals surface area (Å²) in [6, 6.07) is 5.98. The van der Waals surface area contributed by atoms with E-state index in [-0.39, 0.29) is 16.5 Å². The first kappa shape index (κ1) is 19.2. The zero-order valence-corrected chi connectivity index (χ0v) is 16.6. The van der Waals surface area contributed by atoms with Gasteiger partial charge in [0.25, 0.3) is 5.69 Å². The zero-order chi connectivity index (χ0) is 19.9. The molecule has 0 fully saturated rings. The van der Waals surface area contributed by atoms with E-state index in [0.29, 0.717) is 16.3 Å². The summed E-state index contributed by atoms with van der Waals surface area (Å²) < 4.78 is 3.86. The second kappa shape index (κ2) is 6.89. The fraction of sp³-hybridized carbons (Fsp3) is 0.312. The number of ether oxygens (including phenoxy) is 1. The van der Waals surface area contributed by atoms with Crippen molar-refractivity contribution in [2.45, 2.75) is 18.2 Å². The predicted octanol–water partition coefficient (Wildman–Crippen LogP) is 2.74. The Balaban J connectivity index is 2.10. The molecule has 0 amide bonds. The van der Waals surface area contributed by atoms with Gasteiger partial charge in [-0.15, -0.1) is 0 Å². The van der Waals surface area contributed by atoms with Crippen molar-refractivity contribution in [2.24, 2.45) is 5.10 Å². The first-order valence-corrected chi connectivity index (χ1v) is 9.40. The number of rotatable bonds is 4. The molecule has 27 heavy (non-hydrogen) atoms. The number of carbonyl (C=O) groups excluding carboxylic acids is 2. The number of anilines is 1. The Morgan fingerprint density at radius 1 is 1.33 bits per heavy atom. The largest absolute Gasteiger partial charge is 0.465 e. The van der Waals surface area contributed by atoms with Gasteiger partial charge in [0.2, 0.25) is 4.33 Å². The van der Waals surface area contributed by atoms with Gasteiger partial charge < -0.3 is 9.64 Å². The van der Waals surface area contributed by atoms with Crippen molar-refractivity contribution in [1.82, 2.24) is 4.90 Å². The Morgan fingerprint density at radius 2 is 2.04 bits per heavy atom. The lowest BCUT2D eigenvalue weighted by Gasteiger charge is -2.39. The first-order chi connectivity index (χ1) is 12.7. The van der Waals surface area contributed by atoms with E-state index in [9.17, 15) is 19.7 Å². The van der Waals surface area contributed by atoms with Gasteiger partial charge in [-0.05, 0) is 24.8 Å². The second-order valence-electron chi connectivity index (χ2n) is 5.77. The molecule has 1 atom stereocenters. The highest BCUT2D eigenvalue weighted by atomic mass is 32.2. The van der Waals surface area contributed by atoms with Gasteiger partial charge in [-0.1, -0.05) is 17.8 Å². The lowest BCUT2D eigenvalue weighted by molar-refractivity contribution is -0.384. The Kier molecular flexibility index (Phi) is 4.91. The van der Waals surface area contributed by atoms with Gasteiger partial charge in [-0.2, -0.15) is 5.10 Å². The number of methoxy groups -OCH3 is 1. The van der Waals surface area contributed by atoms with Crippen LogP contribution in [0, 0.1) is 10.1 Å². The number of hydrogen-bond acceptors (Lipinski definition) is 10. The smallest absolute Gasteiger partial charge is 0.346 e. The predicted molar refractivity (Wildman–Crippen MR) is 104 cm³/mol. The molecule has 2 aliphatic rings. The van der Waals surface area contributed by atoms with Gasteiger partial charge in [-0.3, -0.25) is 14.9 Å². The van der Waals surface area contributed by atoms with Gasteiger partial charge in [0.15, 0.2) is 10.8 Å². The molecule has 2 heterocycles. The number of hydrogen-bond donors (Lipinski definition) is 0. The number of Topliss-reactive ketones (excluding diaryl/α,β-unsaturated/α-hetero) is 1. The molecule has 142 valence electrons. The third-order valence-electron chi connectivity index (χ3n) is 4.14. The minimum atomic E-state index is -0.996. The third-order valence-corrected chi connectivity index (χ3v) is 7.29. The SMILES string of the molecule is COC(=O)C1=C(C)N(C)[C@]2(SC(C(C)=O)=NN2c2cccc([N+](=O)[O-])c2)S1. The van der Waals surface area contributed by atoms with Crippen LogP contribution < -0.4 is 5.01 Å². The Bertz CT molecular complexity index is 916. The molecule has 0 radical (unpaired) electrons. The highest BCUT2D eigenvalue weighted by Crippen LogP contribution is 2.58. The zero-order valence-electron chi connectivity index (χ0n) is 15.0. The van der Waals surface area contributed by atoms with Gasteiger partial charge in [0, 0.05) is 31.8 Å². The molecule has 2 aliphatic heterocycles. The molecule has 1 aromatic rings. The fourth-order valence-corrected chi connectivity index (χ4v) is 5.54. The number of nitro groups is 1. The summed E-state index contributed by atoms with van der Waals surface area (Å²) in [4.78, 5) is 37.0. The van der Waals surface area contributed by atoms with Crippen LogP contribution in [0.25, 0.3) is 0 Å². The number of benzene rings is 1. The molecule has 1 aromatic carbocycles. The molecule has 0 aromatic heterocycles. The topological polar surface area (TPSA) is 105 Å². The van der Waals surface area contributed by atoms with Crippen molar-refractivity contribution in [2.75, 3.05) is 19.2 Å². The van der Waals surface area contributed by atoms with Gasteiger partial charge in [0.1, 0.15) is 4.91 Å². The van der Waals surface area contributed by atoms with E-state index in [0.717, 1.165) is 0 Å². The highest BCUT2D eigenvalue weighted by Gasteiger charge is 2.56. The molecule has 9 nitrogen and oxygen atoms in total. The minimum Gasteiger partial charge on any atom is -0.465 e. The summed E-state index contributed by atoms with van der Waals surface area (Å²) in [5, 5.41) is 17.3. The summed E-state index contributed by atoms with van der Waals surface area (Å²) >= 11 is 2.38. The van der Waals surface area contributed by atoms with Gasteiger partial charge >= 0.3 is 5.97 Å². The number of carbonyl (C=O) groups is 2. The normalized spacial score (nSPS) is 21.7. The maximum Gasteiger partial charge on any atom is 0.346 e. The molecule has 3 rings (SSSR count). The van der Waals surface area contributed by atoms with E-state index < -0.39 is 15.2 Å². The summed E-state index contributed by atoms with van der Waals surface area (Å²) in [7, 11) is 3.07. The molecule has 11 heteroatoms. The molecule has 1 spiro atoms. The highest BCUT2D eigenvalue weighted by molar-refractivity contribution is 8.28. The second-order valence-corrected chi connectivity index (χ2v) is 8.37. The van der Waals surface area contributed by atoms with Crippen LogP contribution in [0.3, 0.4) is 0 Å². The number of thioether (sulfide) groups is 2. The van der Waals surface area contributed by atoms with E-state index in [1.54, 1.807) is 26.1 Å². The van der Waals surface area contributed by atoms with Gasteiger partial charge in [-0.25, -0.2) is 9.80 Å². The molecule has 0 bridgehead atoms. The quantitative estimate of drug-likeness (QED) is 0.422. The summed E-state index contributed by atoms with van der Waals surface area (Å²) in [6.45, 7) is 3.17. The minimum absolute atomic E-state index is 0.0948. The van der Waals surface area contributed by atoms with E-state index >= 15 is 0 Å². The van der Waals surface area contributed by atoms with Crippen molar-refractivity contribution in [3.8, 4) is 0 Å². The van der Waals surface area contributed by atoms with E-state index in [2.05, 4.69) is 5.10 Å². The average molecular weight is 408 g/mol. The first-order valence-electron chi connectivity index (χ1n) is 7.76. The number of non-ortho nitro benzene ring substituents is 1. The maximum atomic E-state index is 12.2. The fourth-order valence-electron chi connectivity index (χ4n) is 2.64. The number of hydrazone groups is 1. The van der Waals surface area contributed by atoms with Crippen molar-refractivity contribution in [3.05, 3.63) is 45.0 Å². The van der Waals surface area contributed by atoms with E-state index in [4.69, 9.17) is 4.74 Å². The molecule has 0 saturated heterocycles. The molecular weight excluding hydrogens is 392 g/mol. The number of nitrogens with zero attached hydrogens (tertiary/aromatic N) is 4. The molecular formula is C16H16N4O5S2. The standard InChI is InChI=1S/C16H16N4O5S2/c1-9-13(15(22)25-4)26-16(18(9)3)19(17-14(27-16)10(2)21)11-6-5-7-12(8-11)20(23)24/h5-8H,1-4H3/t16-/m1/s1. The van der Waals surface area contributed by atoms with Crippen LogP contribution in [0.2, 0.25) is 0 Å². The van der Waals surface area contributed by atoms with E-state index in [1.165, 1.54) is 54.7 Å². The number of esters is 1. The number of allylic oxidation sites excluding steroid dienone is 1. The van der Waals surface area contributed by atoms with Crippen molar-refractivity contribution < 1.29 is 19.2 Å². The maximum absolute atomic E-state index is 12.2. The van der Waals surface area contributed by atoms with Gasteiger partial charge in [0.05, 0.1) is 17.7 Å². The molecule has 0 saturated carbocycles. The van der Waals surface area contributed by atoms with Crippen LogP contribution in [-0.2, 0) is 14.3 Å². The van der Waals surface area contributed by atoms with Crippen LogP contribution in [0.1, 0.15) is 13.8 Å². The van der Waals surface area contributed by atoms with Crippen LogP contribution in [0.15, 0.2) is 40.0 Å². The van der Waals surface area contributed by atoms with Crippen LogP contribution in [-0.4, -0.2) is 45.1 Å². The summed E-state index contributed by atoms with van der Waals surface area (Å²) in [5.74, 6) is -0.720. The van der Waals surface area contributed by atoms with Crippen molar-refractivity contribution in [3.63, 3.8) is 0 Å². The average Bonchev–Trinajstić information content (AvgIpc) is 3.15. The van der Waals surface area contributed by atoms with E-state index in [1.807, 2.05) is 4.90 Å². The molecule has 0 unspecified atom stereocenters. The Hall–Kier alpha value is -2.53. The van der Waals surface area contributed by atoms with Crippen LogP contribution in [0.4, 0.5) is 11.4 Å². The monoisotopic (exact) mass is 408 g/mol. The molecule has 0 aliphatic carbocycles. The summed E-state index contributed by atoms with van der Waals surface area (Å²) in [5.41, 5.74) is 1.00. The van der Waals surface area contributed by atoms with Crippen molar-refractivity contribution >= 4 is 51.7 Å². The van der Waals surface area contributed by atoms with Crippen LogP contribution in [0.5, 0.6) is 0 Å².